The van der Waals surface area contributed by atoms with Crippen LogP contribution in [0.1, 0.15) is 37.8 Å². The maximum absolute atomic E-state index is 12.6. The summed E-state index contributed by atoms with van der Waals surface area (Å²) in [5.74, 6) is -0.242. The van der Waals surface area contributed by atoms with Gasteiger partial charge in [0, 0.05) is 6.42 Å². The Labute approximate surface area is 110 Å². The molecule has 0 spiro atoms. The second-order valence-electron chi connectivity index (χ2n) is 4.97. The number of alkyl halides is 3. The molecule has 2 nitrogen and oxygen atoms in total. The molecule has 0 heterocycles. The van der Waals surface area contributed by atoms with Gasteiger partial charge in [0.15, 0.2) is 5.78 Å². The van der Waals surface area contributed by atoms with E-state index in [4.69, 9.17) is 5.73 Å². The zero-order valence-corrected chi connectivity index (χ0v) is 11.1. The number of Topliss-reactive ketones (excluding diaryl/α,β-unsaturated/α-hetero) is 1. The quantitative estimate of drug-likeness (QED) is 0.894. The molecular weight excluding hydrogens is 255 g/mol. The fraction of sp³-hybridized carbons (Fsp3) is 0.500. The number of halogens is 3. The zero-order valence-electron chi connectivity index (χ0n) is 11.1. The Bertz CT molecular complexity index is 452. The van der Waals surface area contributed by atoms with E-state index < -0.39 is 17.3 Å². The number of hydrogen-bond donors (Lipinski definition) is 1. The van der Waals surface area contributed by atoms with Crippen molar-refractivity contribution in [2.24, 2.45) is 5.73 Å². The lowest BCUT2D eigenvalue weighted by molar-refractivity contribution is -0.137. The molecule has 1 atom stereocenters. The molecule has 0 amide bonds. The van der Waals surface area contributed by atoms with Crippen LogP contribution in [0.4, 0.5) is 13.2 Å². The average Bonchev–Trinajstić information content (AvgIpc) is 2.28. The average molecular weight is 273 g/mol. The van der Waals surface area contributed by atoms with E-state index in [1.807, 2.05) is 6.92 Å². The van der Waals surface area contributed by atoms with Crippen molar-refractivity contribution in [2.45, 2.75) is 44.8 Å². The molecule has 0 bridgehead atoms. The van der Waals surface area contributed by atoms with Crippen LogP contribution in [0.2, 0.25) is 0 Å². The smallest absolute Gasteiger partial charge is 0.319 e. The summed E-state index contributed by atoms with van der Waals surface area (Å²) in [7, 11) is 0. The maximum Gasteiger partial charge on any atom is 0.416 e. The number of carbonyl (C=O) groups is 1. The van der Waals surface area contributed by atoms with Gasteiger partial charge >= 0.3 is 6.18 Å². The number of nitrogens with two attached hydrogens (primary N) is 1. The van der Waals surface area contributed by atoms with Gasteiger partial charge in [-0.25, -0.2) is 0 Å². The van der Waals surface area contributed by atoms with Crippen LogP contribution in [0.25, 0.3) is 0 Å². The summed E-state index contributed by atoms with van der Waals surface area (Å²) < 4.78 is 37.7. The van der Waals surface area contributed by atoms with Gasteiger partial charge in [-0.05, 0) is 25.0 Å². The van der Waals surface area contributed by atoms with Crippen LogP contribution in [-0.2, 0) is 17.4 Å². The maximum atomic E-state index is 12.6. The molecule has 0 aliphatic heterocycles. The Balaban J connectivity index is 2.86. The summed E-state index contributed by atoms with van der Waals surface area (Å²) in [6.07, 6.45) is -3.20. The van der Waals surface area contributed by atoms with Crippen LogP contribution in [0.3, 0.4) is 0 Å². The summed E-state index contributed by atoms with van der Waals surface area (Å²) >= 11 is 0. The lowest BCUT2D eigenvalue weighted by Gasteiger charge is -2.22. The number of rotatable bonds is 5. The van der Waals surface area contributed by atoms with Crippen molar-refractivity contribution in [3.63, 3.8) is 0 Å². The number of hydrogen-bond acceptors (Lipinski definition) is 2. The fourth-order valence-electron chi connectivity index (χ4n) is 1.90. The normalized spacial score (nSPS) is 15.1. The van der Waals surface area contributed by atoms with E-state index in [-0.39, 0.29) is 12.2 Å². The highest BCUT2D eigenvalue weighted by atomic mass is 19.4. The van der Waals surface area contributed by atoms with Gasteiger partial charge < -0.3 is 5.73 Å². The predicted octanol–water partition coefficient (Wildman–Crippen LogP) is 3.33. The minimum Gasteiger partial charge on any atom is -0.319 e. The SMILES string of the molecule is CCCC(C)(N)C(=O)Cc1cccc(C(F)(F)F)c1. The molecular formula is C14H18F3NO. The Hall–Kier alpha value is -1.36. The monoisotopic (exact) mass is 273 g/mol. The number of carbonyl (C=O) groups excluding carboxylic acids is 1. The molecule has 1 unspecified atom stereocenters. The van der Waals surface area contributed by atoms with Gasteiger partial charge in [0.1, 0.15) is 0 Å². The topological polar surface area (TPSA) is 43.1 Å². The molecule has 0 radical (unpaired) electrons. The van der Waals surface area contributed by atoms with Crippen molar-refractivity contribution >= 4 is 5.78 Å². The Morgan fingerprint density at radius 1 is 1.32 bits per heavy atom. The van der Waals surface area contributed by atoms with E-state index in [0.29, 0.717) is 12.0 Å². The van der Waals surface area contributed by atoms with E-state index in [0.717, 1.165) is 18.6 Å². The van der Waals surface area contributed by atoms with Gasteiger partial charge in [-0.2, -0.15) is 13.2 Å². The third-order valence-corrected chi connectivity index (χ3v) is 3.03. The van der Waals surface area contributed by atoms with E-state index in [2.05, 4.69) is 0 Å². The number of ketones is 1. The molecule has 0 aromatic heterocycles. The molecule has 19 heavy (non-hydrogen) atoms. The van der Waals surface area contributed by atoms with Crippen molar-refractivity contribution in [3.8, 4) is 0 Å². The van der Waals surface area contributed by atoms with Crippen LogP contribution >= 0.6 is 0 Å². The first kappa shape index (κ1) is 15.7. The van der Waals surface area contributed by atoms with Crippen LogP contribution in [0.15, 0.2) is 24.3 Å². The van der Waals surface area contributed by atoms with Crippen molar-refractivity contribution in [2.75, 3.05) is 0 Å². The second kappa shape index (κ2) is 5.74. The molecule has 0 aliphatic carbocycles. The summed E-state index contributed by atoms with van der Waals surface area (Å²) in [6, 6.07) is 4.80. The van der Waals surface area contributed by atoms with Crippen molar-refractivity contribution < 1.29 is 18.0 Å². The molecule has 0 saturated heterocycles. The van der Waals surface area contributed by atoms with Crippen LogP contribution < -0.4 is 5.73 Å². The van der Waals surface area contributed by atoms with E-state index >= 15 is 0 Å². The van der Waals surface area contributed by atoms with Crippen molar-refractivity contribution in [3.05, 3.63) is 35.4 Å². The predicted molar refractivity (Wildman–Crippen MR) is 67.7 cm³/mol. The summed E-state index contributed by atoms with van der Waals surface area (Å²) in [5, 5.41) is 0. The molecule has 1 rings (SSSR count). The van der Waals surface area contributed by atoms with Crippen molar-refractivity contribution in [1.29, 1.82) is 0 Å². The fourth-order valence-corrected chi connectivity index (χ4v) is 1.90. The number of benzene rings is 1. The van der Waals surface area contributed by atoms with E-state index in [1.54, 1.807) is 6.92 Å². The third kappa shape index (κ3) is 4.35. The van der Waals surface area contributed by atoms with Gasteiger partial charge in [0.2, 0.25) is 0 Å². The van der Waals surface area contributed by atoms with Gasteiger partial charge in [0.05, 0.1) is 11.1 Å². The Morgan fingerprint density at radius 3 is 2.47 bits per heavy atom. The largest absolute Gasteiger partial charge is 0.416 e. The first-order chi connectivity index (χ1) is 8.66. The molecule has 0 fully saturated rings. The zero-order chi connectivity index (χ0) is 14.7. The standard InChI is InChI=1S/C14H18F3NO/c1-3-7-13(2,18)12(19)9-10-5-4-6-11(8-10)14(15,16)17/h4-6,8H,3,7,9,18H2,1-2H3. The minimum absolute atomic E-state index is 0.0725. The molecule has 2 N–H and O–H groups in total. The molecule has 1 aromatic rings. The molecule has 106 valence electrons. The molecule has 5 heteroatoms. The summed E-state index contributed by atoms with van der Waals surface area (Å²) in [6.45, 7) is 3.52. The van der Waals surface area contributed by atoms with Crippen LogP contribution in [0.5, 0.6) is 0 Å². The highest BCUT2D eigenvalue weighted by Gasteiger charge is 2.31. The Kier molecular flexibility index (Phi) is 4.74. The van der Waals surface area contributed by atoms with Crippen molar-refractivity contribution in [1.82, 2.24) is 0 Å². The first-order valence-corrected chi connectivity index (χ1v) is 6.15. The molecule has 0 aliphatic rings. The second-order valence-corrected chi connectivity index (χ2v) is 4.97. The highest BCUT2D eigenvalue weighted by Crippen LogP contribution is 2.29. The van der Waals surface area contributed by atoms with E-state index in [1.165, 1.54) is 12.1 Å². The Morgan fingerprint density at radius 2 is 1.95 bits per heavy atom. The summed E-state index contributed by atoms with van der Waals surface area (Å²) in [4.78, 5) is 12.0. The lowest BCUT2D eigenvalue weighted by atomic mass is 9.88. The summed E-state index contributed by atoms with van der Waals surface area (Å²) in [5.41, 5.74) is 4.48. The third-order valence-electron chi connectivity index (χ3n) is 3.03. The van der Waals surface area contributed by atoms with Gasteiger partial charge in [-0.1, -0.05) is 31.5 Å². The molecule has 0 saturated carbocycles. The highest BCUT2D eigenvalue weighted by molar-refractivity contribution is 5.89. The van der Waals surface area contributed by atoms with Gasteiger partial charge in [-0.15, -0.1) is 0 Å². The lowest BCUT2D eigenvalue weighted by Crippen LogP contribution is -2.45. The van der Waals surface area contributed by atoms with E-state index in [9.17, 15) is 18.0 Å². The van der Waals surface area contributed by atoms with Gasteiger partial charge in [0.25, 0.3) is 0 Å². The van der Waals surface area contributed by atoms with Crippen LogP contribution in [0, 0.1) is 0 Å². The first-order valence-electron chi connectivity index (χ1n) is 6.15. The molecule has 1 aromatic carbocycles. The van der Waals surface area contributed by atoms with Crippen LogP contribution in [-0.4, -0.2) is 11.3 Å². The van der Waals surface area contributed by atoms with Gasteiger partial charge in [-0.3, -0.25) is 4.79 Å². The minimum atomic E-state index is -4.39.